The Morgan fingerprint density at radius 2 is 0.890 bits per heavy atom. The first-order valence-electron chi connectivity index (χ1n) is 27.0. The molecule has 9 rings (SSSR count). The number of rotatable bonds is 10. The van der Waals surface area contributed by atoms with E-state index in [1.807, 2.05) is 18.7 Å². The van der Waals surface area contributed by atoms with Crippen LogP contribution in [0.5, 0.6) is 0 Å². The number of likely N-dealkylation sites (tertiary alicyclic amines) is 2. The molecule has 396 valence electrons. The molecular formula is C61H87N7O5. The van der Waals surface area contributed by atoms with E-state index in [4.69, 9.17) is 16.2 Å². The number of carbonyl (C=O) groups excluding carboxylic acids is 5. The number of hydrogen-bond acceptors (Lipinski definition) is 8. The van der Waals surface area contributed by atoms with E-state index in [1.165, 1.54) is 16.7 Å². The number of hydrogen-bond donors (Lipinski definition) is 1. The normalized spacial score (nSPS) is 29.9. The lowest BCUT2D eigenvalue weighted by Gasteiger charge is -2.49. The molecule has 3 saturated heterocycles. The van der Waals surface area contributed by atoms with Crippen molar-refractivity contribution in [3.05, 3.63) is 119 Å². The summed E-state index contributed by atoms with van der Waals surface area (Å²) in [6, 6.07) is 32.6. The van der Waals surface area contributed by atoms with Gasteiger partial charge in [-0.3, -0.25) is 29.1 Å². The Bertz CT molecular complexity index is 2360. The Labute approximate surface area is 438 Å². The Kier molecular flexibility index (Phi) is 18.4. The zero-order valence-corrected chi connectivity index (χ0v) is 46.1. The van der Waals surface area contributed by atoms with Crippen molar-refractivity contribution >= 4 is 23.9 Å². The third-order valence-corrected chi connectivity index (χ3v) is 18.4. The number of amides is 3. The van der Waals surface area contributed by atoms with Gasteiger partial charge in [-0.2, -0.15) is 9.59 Å². The maximum absolute atomic E-state index is 12.6. The number of carbonyl (C=O) groups is 3. The molecule has 3 aromatic carbocycles. The lowest BCUT2D eigenvalue weighted by atomic mass is 9.64. The largest absolute Gasteiger partial charge is 0.373 e. The van der Waals surface area contributed by atoms with Crippen LogP contribution >= 0.6 is 0 Å². The SMILES string of the molecule is CC(C)CN1CC2(CCC(c3ccccc3)(N(C)C)CC2)CC1=O.CN(C)C1(c2ccccc2)CCC2(CC1)CNC(=O)C2.O=C=O.[C-]#[N+]C(C)(C)CN1CC2(CCC(c3ccccc3)(N(C)C)CC2)CC1=O. The standard InChI is InChI=1S/C22H31N3O.C21H32N2O.C17H24N2O.CO2/c1-20(2,23-3)16-25-17-21(15-19(25)26)11-13-22(14-12-21,24(4)5)18-9-7-6-8-10-18;1-17(2)15-23-16-20(14-19(23)24)10-12-21(13-11-20,22(3)4)18-8-6-5-7-9-18;1-19(2)17(14-6-4-3-5-7-14)10-8-16(9-11-17)12-15(20)18-13-16;2-1-3/h6-10H,11-17H2,1-2,4-5H3;5-9,17H,10-16H2,1-4H3;3-7H,8-13H2,1-2H3,(H,18,20);. The topological polar surface area (TPSA) is 118 Å². The molecule has 0 radical (unpaired) electrons. The molecule has 0 atom stereocenters. The van der Waals surface area contributed by atoms with Gasteiger partial charge in [-0.15, -0.1) is 0 Å². The molecule has 6 aliphatic rings. The van der Waals surface area contributed by atoms with E-state index in [9.17, 15) is 14.4 Å². The van der Waals surface area contributed by atoms with Crippen LogP contribution in [-0.4, -0.2) is 129 Å². The van der Waals surface area contributed by atoms with Crippen LogP contribution in [0.1, 0.15) is 141 Å². The van der Waals surface area contributed by atoms with Gasteiger partial charge in [-0.25, -0.2) is 6.57 Å². The number of benzene rings is 3. The van der Waals surface area contributed by atoms with E-state index in [1.54, 1.807) is 0 Å². The van der Waals surface area contributed by atoms with Crippen molar-refractivity contribution in [3.8, 4) is 0 Å². The molecular weight excluding hydrogens is 911 g/mol. The summed E-state index contributed by atoms with van der Waals surface area (Å²) < 4.78 is 0. The second kappa shape index (κ2) is 23.6. The molecule has 3 spiro atoms. The van der Waals surface area contributed by atoms with Crippen LogP contribution in [0.4, 0.5) is 0 Å². The molecule has 3 aliphatic carbocycles. The van der Waals surface area contributed by atoms with Gasteiger partial charge in [0.1, 0.15) is 0 Å². The van der Waals surface area contributed by atoms with Gasteiger partial charge >= 0.3 is 6.15 Å². The number of nitrogens with one attached hydrogen (secondary N) is 1. The van der Waals surface area contributed by atoms with Crippen LogP contribution in [0.3, 0.4) is 0 Å². The first kappa shape index (κ1) is 57.1. The molecule has 3 aliphatic heterocycles. The van der Waals surface area contributed by atoms with E-state index in [2.05, 4.69) is 177 Å². The molecule has 0 bridgehead atoms. The average molecular weight is 998 g/mol. The zero-order valence-electron chi connectivity index (χ0n) is 46.1. The summed E-state index contributed by atoms with van der Waals surface area (Å²) in [5.41, 5.74) is 4.61. The van der Waals surface area contributed by atoms with Gasteiger partial charge in [0.2, 0.25) is 23.3 Å². The summed E-state index contributed by atoms with van der Waals surface area (Å²) >= 11 is 0. The summed E-state index contributed by atoms with van der Waals surface area (Å²) in [5.74, 6) is 1.40. The van der Waals surface area contributed by atoms with Crippen molar-refractivity contribution in [1.82, 2.24) is 29.8 Å². The van der Waals surface area contributed by atoms with E-state index < -0.39 is 5.54 Å². The third kappa shape index (κ3) is 12.8. The van der Waals surface area contributed by atoms with Crippen LogP contribution < -0.4 is 5.32 Å². The highest BCUT2D eigenvalue weighted by molar-refractivity contribution is 5.80. The summed E-state index contributed by atoms with van der Waals surface area (Å²) in [5, 5.41) is 3.02. The molecule has 0 unspecified atom stereocenters. The van der Waals surface area contributed by atoms with Crippen LogP contribution in [0, 0.1) is 28.7 Å². The lowest BCUT2D eigenvalue weighted by Crippen LogP contribution is -2.47. The van der Waals surface area contributed by atoms with Gasteiger partial charge in [0.25, 0.3) is 0 Å². The summed E-state index contributed by atoms with van der Waals surface area (Å²) in [7, 11) is 13.1. The maximum Gasteiger partial charge on any atom is 0.373 e. The Morgan fingerprint density at radius 1 is 0.562 bits per heavy atom. The molecule has 3 saturated carbocycles. The Morgan fingerprint density at radius 3 is 1.19 bits per heavy atom. The van der Waals surface area contributed by atoms with E-state index in [0.29, 0.717) is 24.8 Å². The first-order valence-corrected chi connectivity index (χ1v) is 27.0. The van der Waals surface area contributed by atoms with Crippen LogP contribution in [0.2, 0.25) is 0 Å². The first-order chi connectivity index (χ1) is 34.6. The number of nitrogens with zero attached hydrogens (tertiary/aromatic N) is 6. The molecule has 6 fully saturated rings. The van der Waals surface area contributed by atoms with Crippen molar-refractivity contribution < 1.29 is 24.0 Å². The van der Waals surface area contributed by atoms with Crippen molar-refractivity contribution in [1.29, 1.82) is 0 Å². The Hall–Kier alpha value is -5.18. The molecule has 3 aromatic rings. The van der Waals surface area contributed by atoms with Gasteiger partial charge in [0.05, 0.1) is 6.54 Å². The van der Waals surface area contributed by atoms with E-state index in [0.717, 1.165) is 116 Å². The molecule has 12 heteroatoms. The summed E-state index contributed by atoms with van der Waals surface area (Å²) in [4.78, 5) is 67.8. The molecule has 0 aromatic heterocycles. The summed E-state index contributed by atoms with van der Waals surface area (Å²) in [6.07, 6.45) is 15.8. The minimum Gasteiger partial charge on any atom is -0.356 e. The zero-order chi connectivity index (χ0) is 53.3. The molecule has 1 N–H and O–H groups in total. The molecule has 3 amide bonds. The predicted octanol–water partition coefficient (Wildman–Crippen LogP) is 9.77. The second-order valence-electron chi connectivity index (χ2n) is 24.6. The fourth-order valence-corrected chi connectivity index (χ4v) is 13.8. The van der Waals surface area contributed by atoms with Crippen LogP contribution in [-0.2, 0) is 40.6 Å². The van der Waals surface area contributed by atoms with Gasteiger partial charge in [0.15, 0.2) is 0 Å². The lowest BCUT2D eigenvalue weighted by molar-refractivity contribution is -0.191. The fourth-order valence-electron chi connectivity index (χ4n) is 13.8. The van der Waals surface area contributed by atoms with Gasteiger partial charge in [-0.1, -0.05) is 105 Å². The van der Waals surface area contributed by atoms with Crippen molar-refractivity contribution in [2.24, 2.45) is 22.2 Å². The van der Waals surface area contributed by atoms with Gasteiger partial charge in [-0.05, 0) is 158 Å². The highest BCUT2D eigenvalue weighted by Gasteiger charge is 2.53. The smallest absolute Gasteiger partial charge is 0.356 e. The van der Waals surface area contributed by atoms with E-state index in [-0.39, 0.29) is 50.8 Å². The minimum atomic E-state index is -0.493. The van der Waals surface area contributed by atoms with Crippen LogP contribution in [0.15, 0.2) is 91.0 Å². The van der Waals surface area contributed by atoms with E-state index >= 15 is 0 Å². The fraction of sp³-hybridized carbons (Fsp3) is 0.623. The maximum atomic E-state index is 12.6. The quantitative estimate of drug-likeness (QED) is 0.200. The second-order valence-corrected chi connectivity index (χ2v) is 24.6. The third-order valence-electron chi connectivity index (χ3n) is 18.4. The highest BCUT2D eigenvalue weighted by atomic mass is 16.2. The minimum absolute atomic E-state index is 0.0682. The predicted molar refractivity (Wildman–Crippen MR) is 289 cm³/mol. The molecule has 73 heavy (non-hydrogen) atoms. The van der Waals surface area contributed by atoms with Crippen molar-refractivity contribution in [3.63, 3.8) is 0 Å². The Balaban J connectivity index is 0.000000175. The molecule has 12 nitrogen and oxygen atoms in total. The monoisotopic (exact) mass is 998 g/mol. The average Bonchev–Trinajstić information content (AvgIpc) is 3.99. The summed E-state index contributed by atoms with van der Waals surface area (Å²) in [6.45, 7) is 19.7. The van der Waals surface area contributed by atoms with Crippen molar-refractivity contribution in [2.75, 3.05) is 75.0 Å². The van der Waals surface area contributed by atoms with Gasteiger partial charge < -0.3 is 20.0 Å². The van der Waals surface area contributed by atoms with Crippen LogP contribution in [0.25, 0.3) is 4.85 Å². The highest BCUT2D eigenvalue weighted by Crippen LogP contribution is 2.54. The van der Waals surface area contributed by atoms with Gasteiger partial charge in [0, 0.05) is 75.9 Å². The van der Waals surface area contributed by atoms with Crippen molar-refractivity contribution in [2.45, 2.75) is 146 Å². The molecule has 3 heterocycles.